The second-order valence-electron chi connectivity index (χ2n) is 6.40. The van der Waals surface area contributed by atoms with Crippen molar-refractivity contribution in [3.05, 3.63) is 63.2 Å². The molecule has 1 amide bonds. The molecule has 1 N–H and O–H groups in total. The average molecular weight is 463 g/mol. The van der Waals surface area contributed by atoms with Gasteiger partial charge in [0.05, 0.1) is 28.8 Å². The molecule has 2 rings (SSSR count). The number of nitrogens with one attached hydrogen (secondary N) is 1. The Hall–Kier alpha value is -3.59. The number of benzene rings is 2. The minimum atomic E-state index is -0.723. The molecule has 170 valence electrons. The van der Waals surface area contributed by atoms with Gasteiger partial charge >= 0.3 is 5.97 Å². The third-order valence-corrected chi connectivity index (χ3v) is 4.24. The van der Waals surface area contributed by atoms with Gasteiger partial charge in [0.2, 0.25) is 0 Å². The number of anilines is 1. The number of non-ortho nitro benzene ring substituents is 1. The van der Waals surface area contributed by atoms with E-state index in [4.69, 9.17) is 25.8 Å². The van der Waals surface area contributed by atoms with Crippen LogP contribution < -0.4 is 14.8 Å². The van der Waals surface area contributed by atoms with Crippen LogP contribution in [-0.2, 0) is 14.3 Å². The molecule has 0 aliphatic rings. The van der Waals surface area contributed by atoms with Crippen LogP contribution in [0.4, 0.5) is 11.4 Å². The third kappa shape index (κ3) is 7.59. The molecule has 32 heavy (non-hydrogen) atoms. The van der Waals surface area contributed by atoms with Gasteiger partial charge in [-0.05, 0) is 43.2 Å². The van der Waals surface area contributed by atoms with Gasteiger partial charge < -0.3 is 19.5 Å². The Morgan fingerprint density at radius 1 is 1.12 bits per heavy atom. The van der Waals surface area contributed by atoms with Crippen LogP contribution in [0.1, 0.15) is 25.8 Å². The van der Waals surface area contributed by atoms with Crippen molar-refractivity contribution in [1.82, 2.24) is 0 Å². The number of ether oxygens (including phenoxy) is 3. The Kier molecular flexibility index (Phi) is 9.49. The van der Waals surface area contributed by atoms with Gasteiger partial charge in [-0.3, -0.25) is 14.9 Å². The first-order valence-electron chi connectivity index (χ1n) is 9.82. The fourth-order valence-electron chi connectivity index (χ4n) is 2.48. The van der Waals surface area contributed by atoms with Gasteiger partial charge in [0.1, 0.15) is 0 Å². The zero-order valence-electron chi connectivity index (χ0n) is 17.6. The van der Waals surface area contributed by atoms with Gasteiger partial charge in [-0.25, -0.2) is 4.79 Å². The molecule has 0 bridgehead atoms. The molecule has 0 aliphatic carbocycles. The number of amides is 1. The summed E-state index contributed by atoms with van der Waals surface area (Å²) in [7, 11) is 0. The molecule has 0 fully saturated rings. The lowest BCUT2D eigenvalue weighted by Crippen LogP contribution is -2.20. The highest BCUT2D eigenvalue weighted by Crippen LogP contribution is 2.29. The zero-order valence-corrected chi connectivity index (χ0v) is 18.4. The predicted octanol–water partition coefficient (Wildman–Crippen LogP) is 4.63. The number of nitro benzene ring substituents is 1. The van der Waals surface area contributed by atoms with Crippen LogP contribution in [0.25, 0.3) is 6.08 Å². The number of nitrogens with zero attached hydrogens (tertiary/aromatic N) is 1. The third-order valence-electron chi connectivity index (χ3n) is 3.92. The summed E-state index contributed by atoms with van der Waals surface area (Å²) in [6.45, 7) is 4.34. The van der Waals surface area contributed by atoms with E-state index in [0.717, 1.165) is 12.5 Å². The van der Waals surface area contributed by atoms with Crippen LogP contribution in [0.3, 0.4) is 0 Å². The molecule has 0 unspecified atom stereocenters. The standard InChI is InChI=1S/C22H23ClN2O7/c1-3-11-31-19-9-5-15(12-20(19)30-4-2)6-10-22(27)32-14-21(26)24-18-8-7-16(25(28)29)13-17(18)23/h5-10,12-13H,3-4,11,14H2,1-2H3,(H,24,26)/b10-6+. The molecule has 0 aliphatic heterocycles. The molecule has 10 heteroatoms. The largest absolute Gasteiger partial charge is 0.490 e. The minimum Gasteiger partial charge on any atom is -0.490 e. The molecule has 2 aromatic carbocycles. The van der Waals surface area contributed by atoms with Crippen LogP contribution in [0, 0.1) is 10.1 Å². The van der Waals surface area contributed by atoms with Crippen molar-refractivity contribution in [3.8, 4) is 11.5 Å². The second-order valence-corrected chi connectivity index (χ2v) is 6.81. The first-order chi connectivity index (χ1) is 15.3. The van der Waals surface area contributed by atoms with Crippen LogP contribution in [0.5, 0.6) is 11.5 Å². The summed E-state index contributed by atoms with van der Waals surface area (Å²) in [4.78, 5) is 34.0. The monoisotopic (exact) mass is 462 g/mol. The number of hydrogen-bond donors (Lipinski definition) is 1. The average Bonchev–Trinajstić information content (AvgIpc) is 2.77. The van der Waals surface area contributed by atoms with Gasteiger partial charge in [-0.2, -0.15) is 0 Å². The molecular weight excluding hydrogens is 440 g/mol. The summed E-state index contributed by atoms with van der Waals surface area (Å²) in [5.74, 6) is -0.177. The predicted molar refractivity (Wildman–Crippen MR) is 120 cm³/mol. The van der Waals surface area contributed by atoms with Crippen LogP contribution >= 0.6 is 11.6 Å². The quantitative estimate of drug-likeness (QED) is 0.224. The molecule has 9 nitrogen and oxygen atoms in total. The van der Waals surface area contributed by atoms with Crippen molar-refractivity contribution in [3.63, 3.8) is 0 Å². The van der Waals surface area contributed by atoms with Crippen LogP contribution in [0.15, 0.2) is 42.5 Å². The Morgan fingerprint density at radius 2 is 1.91 bits per heavy atom. The van der Waals surface area contributed by atoms with Crippen molar-refractivity contribution in [2.45, 2.75) is 20.3 Å². The molecule has 0 atom stereocenters. The summed E-state index contributed by atoms with van der Waals surface area (Å²) in [5, 5.41) is 13.1. The lowest BCUT2D eigenvalue weighted by Gasteiger charge is -2.12. The number of carbonyl (C=O) groups is 2. The minimum absolute atomic E-state index is 0.00441. The molecule has 0 heterocycles. The van der Waals surface area contributed by atoms with E-state index < -0.39 is 23.4 Å². The van der Waals surface area contributed by atoms with Gasteiger partial charge in [-0.1, -0.05) is 24.6 Å². The van der Waals surface area contributed by atoms with E-state index in [1.54, 1.807) is 18.2 Å². The van der Waals surface area contributed by atoms with Crippen molar-refractivity contribution < 1.29 is 28.7 Å². The maximum atomic E-state index is 12.0. The van der Waals surface area contributed by atoms with Gasteiger partial charge in [-0.15, -0.1) is 0 Å². The maximum Gasteiger partial charge on any atom is 0.331 e. The van der Waals surface area contributed by atoms with E-state index >= 15 is 0 Å². The lowest BCUT2D eigenvalue weighted by atomic mass is 10.2. The first-order valence-corrected chi connectivity index (χ1v) is 10.2. The maximum absolute atomic E-state index is 12.0. The van der Waals surface area contributed by atoms with Crippen molar-refractivity contribution in [2.24, 2.45) is 0 Å². The van der Waals surface area contributed by atoms with Crippen LogP contribution in [0.2, 0.25) is 5.02 Å². The van der Waals surface area contributed by atoms with Gasteiger partial charge in [0.15, 0.2) is 18.1 Å². The smallest absolute Gasteiger partial charge is 0.331 e. The van der Waals surface area contributed by atoms with E-state index in [2.05, 4.69) is 5.32 Å². The van der Waals surface area contributed by atoms with E-state index in [9.17, 15) is 19.7 Å². The van der Waals surface area contributed by atoms with E-state index in [1.165, 1.54) is 24.3 Å². The molecule has 0 radical (unpaired) electrons. The Labute approximate surface area is 190 Å². The topological polar surface area (TPSA) is 117 Å². The number of rotatable bonds is 11. The molecule has 0 saturated heterocycles. The molecular formula is C22H23ClN2O7. The summed E-state index contributed by atoms with van der Waals surface area (Å²) < 4.78 is 16.1. The number of carbonyl (C=O) groups excluding carboxylic acids is 2. The highest BCUT2D eigenvalue weighted by molar-refractivity contribution is 6.34. The highest BCUT2D eigenvalue weighted by Gasteiger charge is 2.12. The highest BCUT2D eigenvalue weighted by atomic mass is 35.5. The molecule has 0 spiro atoms. The zero-order chi connectivity index (χ0) is 23.5. The fraction of sp³-hybridized carbons (Fsp3) is 0.273. The summed E-state index contributed by atoms with van der Waals surface area (Å²) in [5.41, 5.74) is 0.654. The van der Waals surface area contributed by atoms with Crippen molar-refractivity contribution >= 4 is 40.9 Å². The number of nitro groups is 1. The van der Waals surface area contributed by atoms with E-state index in [-0.39, 0.29) is 16.4 Å². The van der Waals surface area contributed by atoms with Crippen LogP contribution in [-0.4, -0.2) is 36.6 Å². The SMILES string of the molecule is CCCOc1ccc(/C=C/C(=O)OCC(=O)Nc2ccc([N+](=O)[O-])cc2Cl)cc1OCC. The fourth-order valence-corrected chi connectivity index (χ4v) is 2.70. The Bertz CT molecular complexity index is 1010. The van der Waals surface area contributed by atoms with E-state index in [1.807, 2.05) is 13.8 Å². The number of halogens is 1. The molecule has 0 aromatic heterocycles. The second kappa shape index (κ2) is 12.3. The van der Waals surface area contributed by atoms with Gasteiger partial charge in [0, 0.05) is 18.2 Å². The summed E-state index contributed by atoms with van der Waals surface area (Å²) in [6, 6.07) is 8.87. The molecule has 0 saturated carbocycles. The summed E-state index contributed by atoms with van der Waals surface area (Å²) in [6.07, 6.45) is 3.58. The Balaban J connectivity index is 1.91. The normalized spacial score (nSPS) is 10.6. The number of esters is 1. The van der Waals surface area contributed by atoms with Gasteiger partial charge in [0.25, 0.3) is 11.6 Å². The first kappa shape index (κ1) is 24.7. The number of hydrogen-bond acceptors (Lipinski definition) is 7. The lowest BCUT2D eigenvalue weighted by molar-refractivity contribution is -0.384. The molecule has 2 aromatic rings. The Morgan fingerprint density at radius 3 is 2.56 bits per heavy atom. The van der Waals surface area contributed by atoms with Crippen molar-refractivity contribution in [2.75, 3.05) is 25.1 Å². The van der Waals surface area contributed by atoms with Crippen molar-refractivity contribution in [1.29, 1.82) is 0 Å². The summed E-state index contributed by atoms with van der Waals surface area (Å²) >= 11 is 5.91. The van der Waals surface area contributed by atoms with E-state index in [0.29, 0.717) is 30.3 Å².